The molecule has 1 spiro atoms. The third kappa shape index (κ3) is 1.86. The Morgan fingerprint density at radius 3 is 2.35 bits per heavy atom. The fourth-order valence-corrected chi connectivity index (χ4v) is 4.89. The summed E-state index contributed by atoms with van der Waals surface area (Å²) in [5.41, 5.74) is 4.75. The molecular weight excluding hydrogens is 242 g/mol. The van der Waals surface area contributed by atoms with Crippen molar-refractivity contribution < 1.29 is 0 Å². The van der Waals surface area contributed by atoms with E-state index in [2.05, 4.69) is 24.3 Å². The van der Waals surface area contributed by atoms with Crippen LogP contribution in [0.1, 0.15) is 69.8 Å². The maximum absolute atomic E-state index is 5.17. The molecule has 1 nitrogen and oxygen atoms in total. The monoisotopic (exact) mass is 267 g/mol. The van der Waals surface area contributed by atoms with Crippen molar-refractivity contribution in [1.29, 1.82) is 0 Å². The maximum Gasteiger partial charge on any atom is 0.0671 e. The van der Waals surface area contributed by atoms with Crippen molar-refractivity contribution in [3.8, 4) is 0 Å². The zero-order chi connectivity index (χ0) is 13.4. The molecule has 0 aromatic heterocycles. The maximum atomic E-state index is 5.17. The van der Waals surface area contributed by atoms with Crippen LogP contribution in [0.5, 0.6) is 0 Å². The predicted octanol–water partition coefficient (Wildman–Crippen LogP) is 5.55. The van der Waals surface area contributed by atoms with Gasteiger partial charge in [-0.25, -0.2) is 0 Å². The van der Waals surface area contributed by atoms with E-state index in [1.807, 2.05) is 0 Å². The first-order valence-electron chi connectivity index (χ1n) is 8.59. The van der Waals surface area contributed by atoms with E-state index in [4.69, 9.17) is 4.99 Å². The van der Waals surface area contributed by atoms with E-state index >= 15 is 0 Å². The lowest BCUT2D eigenvalue weighted by atomic mass is 9.63. The van der Waals surface area contributed by atoms with Crippen LogP contribution < -0.4 is 0 Å². The van der Waals surface area contributed by atoms with Gasteiger partial charge in [-0.1, -0.05) is 56.7 Å². The van der Waals surface area contributed by atoms with Gasteiger partial charge in [0, 0.05) is 11.1 Å². The van der Waals surface area contributed by atoms with Crippen LogP contribution in [0.25, 0.3) is 0 Å². The van der Waals surface area contributed by atoms with Gasteiger partial charge in [0.05, 0.1) is 5.69 Å². The number of rotatable bonds is 1. The van der Waals surface area contributed by atoms with Gasteiger partial charge in [0.25, 0.3) is 0 Å². The molecule has 1 aromatic rings. The van der Waals surface area contributed by atoms with Crippen molar-refractivity contribution in [3.05, 3.63) is 29.8 Å². The van der Waals surface area contributed by atoms with Gasteiger partial charge in [-0.15, -0.1) is 0 Å². The van der Waals surface area contributed by atoms with E-state index < -0.39 is 0 Å². The number of fused-ring (bicyclic) bond motifs is 2. The summed E-state index contributed by atoms with van der Waals surface area (Å²) in [6, 6.07) is 8.97. The van der Waals surface area contributed by atoms with Gasteiger partial charge in [0.2, 0.25) is 0 Å². The first-order chi connectivity index (χ1) is 9.90. The zero-order valence-corrected chi connectivity index (χ0v) is 12.4. The minimum absolute atomic E-state index is 0.330. The Morgan fingerprint density at radius 2 is 1.55 bits per heavy atom. The number of aliphatic imine (C=N–C) groups is 1. The molecule has 106 valence electrons. The highest BCUT2D eigenvalue weighted by Gasteiger charge is 2.46. The first kappa shape index (κ1) is 12.6. The number of hydrogen-bond donors (Lipinski definition) is 0. The highest BCUT2D eigenvalue weighted by Crippen LogP contribution is 2.52. The van der Waals surface area contributed by atoms with Gasteiger partial charge < -0.3 is 0 Å². The fourth-order valence-electron chi connectivity index (χ4n) is 4.89. The van der Waals surface area contributed by atoms with E-state index in [-0.39, 0.29) is 0 Å². The van der Waals surface area contributed by atoms with Gasteiger partial charge in [-0.3, -0.25) is 4.99 Å². The molecule has 2 aliphatic carbocycles. The Hall–Kier alpha value is -1.11. The van der Waals surface area contributed by atoms with E-state index in [1.54, 1.807) is 11.3 Å². The van der Waals surface area contributed by atoms with Crippen LogP contribution in [0.4, 0.5) is 5.69 Å². The molecule has 1 aromatic carbocycles. The predicted molar refractivity (Wildman–Crippen MR) is 84.9 cm³/mol. The van der Waals surface area contributed by atoms with Gasteiger partial charge >= 0.3 is 0 Å². The summed E-state index contributed by atoms with van der Waals surface area (Å²) in [6.07, 6.45) is 13.9. The Labute approximate surface area is 122 Å². The zero-order valence-electron chi connectivity index (χ0n) is 12.4. The standard InChI is InChI=1S/C19H25N/c1-3-9-15(10-4-1)18-19(13-7-2-8-14-19)16-11-5-6-12-17(16)20-18/h5-6,11-12,15H,1-4,7-10,13-14H2. The molecule has 1 heterocycles. The molecule has 1 aliphatic heterocycles. The Kier molecular flexibility index (Phi) is 3.17. The molecule has 0 amide bonds. The molecule has 0 unspecified atom stereocenters. The number of benzene rings is 1. The molecule has 1 heteroatoms. The first-order valence-corrected chi connectivity index (χ1v) is 8.59. The Morgan fingerprint density at radius 1 is 0.850 bits per heavy atom. The molecule has 4 rings (SSSR count). The summed E-state index contributed by atoms with van der Waals surface area (Å²) in [4.78, 5) is 5.17. The van der Waals surface area contributed by atoms with Crippen molar-refractivity contribution in [2.75, 3.05) is 0 Å². The minimum atomic E-state index is 0.330. The number of hydrogen-bond acceptors (Lipinski definition) is 1. The van der Waals surface area contributed by atoms with Gasteiger partial charge in [0.1, 0.15) is 0 Å². The second-order valence-electron chi connectivity index (χ2n) is 6.99. The van der Waals surface area contributed by atoms with Crippen LogP contribution in [-0.2, 0) is 5.41 Å². The Bertz CT molecular complexity index is 516. The molecule has 2 fully saturated rings. The van der Waals surface area contributed by atoms with Gasteiger partial charge in [-0.2, -0.15) is 0 Å². The van der Waals surface area contributed by atoms with Crippen LogP contribution in [0.2, 0.25) is 0 Å². The lowest BCUT2D eigenvalue weighted by molar-refractivity contribution is 0.353. The quantitative estimate of drug-likeness (QED) is 0.632. The molecule has 0 atom stereocenters. The highest BCUT2D eigenvalue weighted by molar-refractivity contribution is 6.03. The second-order valence-corrected chi connectivity index (χ2v) is 6.99. The highest BCUT2D eigenvalue weighted by atomic mass is 14.8. The van der Waals surface area contributed by atoms with Crippen molar-refractivity contribution in [3.63, 3.8) is 0 Å². The third-order valence-corrected chi connectivity index (χ3v) is 5.85. The lowest BCUT2D eigenvalue weighted by Gasteiger charge is -2.39. The summed E-state index contributed by atoms with van der Waals surface area (Å²) in [5, 5.41) is 0. The average molecular weight is 267 g/mol. The molecule has 0 radical (unpaired) electrons. The molecular formula is C19H25N. The molecule has 0 N–H and O–H groups in total. The summed E-state index contributed by atoms with van der Waals surface area (Å²) in [6.45, 7) is 0. The van der Waals surface area contributed by atoms with E-state index in [0.29, 0.717) is 5.41 Å². The van der Waals surface area contributed by atoms with Crippen LogP contribution in [-0.4, -0.2) is 5.71 Å². The molecule has 2 saturated carbocycles. The third-order valence-electron chi connectivity index (χ3n) is 5.85. The fraction of sp³-hybridized carbons (Fsp3) is 0.632. The summed E-state index contributed by atoms with van der Waals surface area (Å²) < 4.78 is 0. The summed E-state index contributed by atoms with van der Waals surface area (Å²) in [5.74, 6) is 0.772. The second kappa shape index (κ2) is 5.02. The van der Waals surface area contributed by atoms with Crippen molar-refractivity contribution in [2.24, 2.45) is 10.9 Å². The van der Waals surface area contributed by atoms with Crippen LogP contribution >= 0.6 is 0 Å². The minimum Gasteiger partial charge on any atom is -0.256 e. The Balaban J connectivity index is 1.76. The molecule has 20 heavy (non-hydrogen) atoms. The summed E-state index contributed by atoms with van der Waals surface area (Å²) in [7, 11) is 0. The molecule has 0 bridgehead atoms. The SMILES string of the molecule is c1ccc2c(c1)N=C(C1CCCCC1)C21CCCCC1. The average Bonchev–Trinajstić information content (AvgIpc) is 2.84. The van der Waals surface area contributed by atoms with Crippen LogP contribution in [0.15, 0.2) is 29.3 Å². The van der Waals surface area contributed by atoms with E-state index in [9.17, 15) is 0 Å². The number of nitrogens with zero attached hydrogens (tertiary/aromatic N) is 1. The van der Waals surface area contributed by atoms with Gasteiger partial charge in [0.15, 0.2) is 0 Å². The lowest BCUT2D eigenvalue weighted by Crippen LogP contribution is -2.40. The van der Waals surface area contributed by atoms with Gasteiger partial charge in [-0.05, 0) is 43.2 Å². The van der Waals surface area contributed by atoms with Crippen LogP contribution in [0.3, 0.4) is 0 Å². The molecule has 3 aliphatic rings. The van der Waals surface area contributed by atoms with E-state index in [1.165, 1.54) is 69.9 Å². The van der Waals surface area contributed by atoms with Crippen molar-refractivity contribution in [2.45, 2.75) is 69.6 Å². The normalized spacial score (nSPS) is 25.5. The van der Waals surface area contributed by atoms with Crippen molar-refractivity contribution >= 4 is 11.4 Å². The van der Waals surface area contributed by atoms with E-state index in [0.717, 1.165) is 5.92 Å². The summed E-state index contributed by atoms with van der Waals surface area (Å²) >= 11 is 0. The van der Waals surface area contributed by atoms with Crippen LogP contribution in [0, 0.1) is 5.92 Å². The largest absolute Gasteiger partial charge is 0.256 e. The van der Waals surface area contributed by atoms with Crippen molar-refractivity contribution in [1.82, 2.24) is 0 Å². The molecule has 0 saturated heterocycles. The smallest absolute Gasteiger partial charge is 0.0671 e. The number of para-hydroxylation sites is 1. The topological polar surface area (TPSA) is 12.4 Å².